The molecule has 0 saturated heterocycles. The number of fused-ring (bicyclic) bond motifs is 7. The first-order chi connectivity index (χ1) is 10.3. The van der Waals surface area contributed by atoms with Gasteiger partial charge in [0, 0.05) is 12.0 Å². The quantitative estimate of drug-likeness (QED) is 0.692. The molecular formula is C18H16O3. The van der Waals surface area contributed by atoms with Crippen LogP contribution in [0.4, 0.5) is 0 Å². The van der Waals surface area contributed by atoms with Crippen molar-refractivity contribution in [2.24, 2.45) is 0 Å². The lowest BCUT2D eigenvalue weighted by molar-refractivity contribution is 0.0969. The fraction of sp³-hybridized carbons (Fsp3) is 0.389. The molecule has 0 bridgehead atoms. The third-order valence-electron chi connectivity index (χ3n) is 5.11. The molecule has 21 heavy (non-hydrogen) atoms. The van der Waals surface area contributed by atoms with Crippen molar-refractivity contribution in [3.8, 4) is 11.5 Å². The SMILES string of the molecule is O=C1Cc2c3c(c4cc5c(cc4c21)OCO5)CCCCC3. The minimum atomic E-state index is 0.279. The van der Waals surface area contributed by atoms with E-state index in [1.54, 1.807) is 0 Å². The Kier molecular flexibility index (Phi) is 2.21. The number of hydrogen-bond acceptors (Lipinski definition) is 3. The molecule has 2 aromatic carbocycles. The average Bonchev–Trinajstić information content (AvgIpc) is 2.78. The molecule has 5 rings (SSSR count). The summed E-state index contributed by atoms with van der Waals surface area (Å²) >= 11 is 0. The number of benzene rings is 2. The van der Waals surface area contributed by atoms with Crippen molar-refractivity contribution < 1.29 is 14.3 Å². The largest absolute Gasteiger partial charge is 0.454 e. The van der Waals surface area contributed by atoms with Gasteiger partial charge in [0.1, 0.15) is 0 Å². The van der Waals surface area contributed by atoms with Gasteiger partial charge in [0.25, 0.3) is 0 Å². The molecule has 2 aliphatic carbocycles. The predicted molar refractivity (Wildman–Crippen MR) is 79.4 cm³/mol. The number of rotatable bonds is 0. The minimum Gasteiger partial charge on any atom is -0.454 e. The summed E-state index contributed by atoms with van der Waals surface area (Å²) < 4.78 is 11.0. The Morgan fingerprint density at radius 1 is 0.810 bits per heavy atom. The van der Waals surface area contributed by atoms with E-state index in [0.29, 0.717) is 6.42 Å². The van der Waals surface area contributed by atoms with E-state index in [9.17, 15) is 4.79 Å². The highest BCUT2D eigenvalue weighted by Crippen LogP contribution is 2.45. The summed E-state index contributed by atoms with van der Waals surface area (Å²) in [6, 6.07) is 4.10. The normalized spacial score (nSPS) is 19.0. The van der Waals surface area contributed by atoms with Crippen LogP contribution >= 0.6 is 0 Å². The highest BCUT2D eigenvalue weighted by atomic mass is 16.7. The van der Waals surface area contributed by atoms with Gasteiger partial charge in [-0.3, -0.25) is 4.79 Å². The maximum absolute atomic E-state index is 12.1. The topological polar surface area (TPSA) is 35.5 Å². The summed E-state index contributed by atoms with van der Waals surface area (Å²) in [5.74, 6) is 1.87. The number of hydrogen-bond donors (Lipinski definition) is 0. The van der Waals surface area contributed by atoms with Crippen LogP contribution in [0, 0.1) is 0 Å². The van der Waals surface area contributed by atoms with E-state index in [0.717, 1.165) is 35.3 Å². The standard InChI is InChI=1S/C18H16O3/c19-15-6-13-11-5-3-1-2-4-10(11)12-7-16-17(21-9-20-16)8-14(12)18(13)15/h7-8H,1-6,9H2. The molecule has 0 aromatic heterocycles. The number of Topliss-reactive ketones (excluding diaryl/α,β-unsaturated/α-hetero) is 1. The third kappa shape index (κ3) is 1.46. The zero-order chi connectivity index (χ0) is 14.0. The molecule has 0 N–H and O–H groups in total. The van der Waals surface area contributed by atoms with E-state index in [1.807, 2.05) is 6.07 Å². The Bertz CT molecular complexity index is 804. The molecule has 3 heteroatoms. The lowest BCUT2D eigenvalue weighted by atomic mass is 9.76. The summed E-state index contributed by atoms with van der Waals surface area (Å²) in [7, 11) is 0. The number of carbonyl (C=O) groups excluding carboxylic acids is 1. The van der Waals surface area contributed by atoms with Crippen molar-refractivity contribution in [2.75, 3.05) is 6.79 Å². The van der Waals surface area contributed by atoms with Crippen LogP contribution in [-0.2, 0) is 19.3 Å². The molecule has 0 amide bonds. The molecule has 0 fully saturated rings. The van der Waals surface area contributed by atoms with Crippen LogP contribution in [0.15, 0.2) is 12.1 Å². The summed E-state index contributed by atoms with van der Waals surface area (Å²) in [4.78, 5) is 12.1. The molecular weight excluding hydrogens is 264 g/mol. The van der Waals surface area contributed by atoms with Crippen LogP contribution in [0.5, 0.6) is 11.5 Å². The van der Waals surface area contributed by atoms with Crippen molar-refractivity contribution in [1.82, 2.24) is 0 Å². The maximum Gasteiger partial charge on any atom is 0.231 e. The molecule has 1 heterocycles. The van der Waals surface area contributed by atoms with Crippen LogP contribution in [0.2, 0.25) is 0 Å². The average molecular weight is 280 g/mol. The molecule has 0 saturated carbocycles. The van der Waals surface area contributed by atoms with E-state index in [1.165, 1.54) is 41.3 Å². The van der Waals surface area contributed by atoms with Crippen LogP contribution in [0.3, 0.4) is 0 Å². The number of ether oxygens (including phenoxy) is 2. The number of aryl methyl sites for hydroxylation is 1. The second-order valence-electron chi connectivity index (χ2n) is 6.22. The molecule has 3 nitrogen and oxygen atoms in total. The molecule has 0 unspecified atom stereocenters. The van der Waals surface area contributed by atoms with Crippen LogP contribution < -0.4 is 9.47 Å². The van der Waals surface area contributed by atoms with Gasteiger partial charge in [0.05, 0.1) is 0 Å². The highest BCUT2D eigenvalue weighted by Gasteiger charge is 2.32. The Morgan fingerprint density at radius 2 is 1.52 bits per heavy atom. The summed E-state index contributed by atoms with van der Waals surface area (Å²) in [6.07, 6.45) is 6.63. The van der Waals surface area contributed by atoms with Gasteiger partial charge >= 0.3 is 0 Å². The van der Waals surface area contributed by atoms with E-state index in [2.05, 4.69) is 6.07 Å². The Balaban J connectivity index is 1.90. The number of carbonyl (C=O) groups is 1. The zero-order valence-electron chi connectivity index (χ0n) is 11.8. The zero-order valence-corrected chi connectivity index (χ0v) is 11.8. The summed E-state index contributed by atoms with van der Waals surface area (Å²) in [6.45, 7) is 0.282. The Hall–Kier alpha value is -2.03. The molecule has 0 atom stereocenters. The monoisotopic (exact) mass is 280 g/mol. The van der Waals surface area contributed by atoms with Crippen molar-refractivity contribution in [3.63, 3.8) is 0 Å². The maximum atomic E-state index is 12.1. The molecule has 2 aromatic rings. The molecule has 0 radical (unpaired) electrons. The first-order valence-corrected chi connectivity index (χ1v) is 7.76. The first kappa shape index (κ1) is 11.6. The van der Waals surface area contributed by atoms with Gasteiger partial charge in [-0.25, -0.2) is 0 Å². The lowest BCUT2D eigenvalue weighted by Crippen LogP contribution is -2.23. The van der Waals surface area contributed by atoms with Crippen molar-refractivity contribution in [2.45, 2.75) is 38.5 Å². The summed E-state index contributed by atoms with van der Waals surface area (Å²) in [5.41, 5.74) is 5.16. The molecule has 3 aliphatic rings. The predicted octanol–water partition coefficient (Wildman–Crippen LogP) is 3.58. The smallest absolute Gasteiger partial charge is 0.231 e. The van der Waals surface area contributed by atoms with Gasteiger partial charge in [-0.15, -0.1) is 0 Å². The van der Waals surface area contributed by atoms with Gasteiger partial charge in [0.2, 0.25) is 6.79 Å². The number of ketones is 1. The van der Waals surface area contributed by atoms with Crippen molar-refractivity contribution in [1.29, 1.82) is 0 Å². The van der Waals surface area contributed by atoms with E-state index in [-0.39, 0.29) is 12.6 Å². The Labute approximate surface area is 122 Å². The summed E-state index contributed by atoms with van der Waals surface area (Å²) in [5, 5.41) is 2.29. The van der Waals surface area contributed by atoms with Crippen LogP contribution in [0.1, 0.15) is 46.3 Å². The van der Waals surface area contributed by atoms with E-state index in [4.69, 9.17) is 9.47 Å². The van der Waals surface area contributed by atoms with Crippen LogP contribution in [-0.4, -0.2) is 12.6 Å². The lowest BCUT2D eigenvalue weighted by Gasteiger charge is -2.26. The van der Waals surface area contributed by atoms with Crippen molar-refractivity contribution in [3.05, 3.63) is 34.4 Å². The third-order valence-corrected chi connectivity index (χ3v) is 5.11. The van der Waals surface area contributed by atoms with Gasteiger partial charge < -0.3 is 9.47 Å². The van der Waals surface area contributed by atoms with Crippen LogP contribution in [0.25, 0.3) is 10.8 Å². The second kappa shape index (κ2) is 4.00. The van der Waals surface area contributed by atoms with Gasteiger partial charge in [-0.05, 0) is 65.3 Å². The highest BCUT2D eigenvalue weighted by molar-refractivity contribution is 6.18. The second-order valence-corrected chi connectivity index (χ2v) is 6.22. The fourth-order valence-corrected chi connectivity index (χ4v) is 4.08. The van der Waals surface area contributed by atoms with E-state index >= 15 is 0 Å². The molecule has 0 spiro atoms. The van der Waals surface area contributed by atoms with Gasteiger partial charge in [-0.1, -0.05) is 6.42 Å². The molecule has 1 aliphatic heterocycles. The molecule has 106 valence electrons. The Morgan fingerprint density at radius 3 is 2.29 bits per heavy atom. The minimum absolute atomic E-state index is 0.279. The fourth-order valence-electron chi connectivity index (χ4n) is 4.08. The van der Waals surface area contributed by atoms with Gasteiger partial charge in [-0.2, -0.15) is 0 Å². The first-order valence-electron chi connectivity index (χ1n) is 7.76. The van der Waals surface area contributed by atoms with Crippen molar-refractivity contribution >= 4 is 16.6 Å². The van der Waals surface area contributed by atoms with E-state index < -0.39 is 0 Å². The van der Waals surface area contributed by atoms with Gasteiger partial charge in [0.15, 0.2) is 17.3 Å².